The van der Waals surface area contributed by atoms with Crippen LogP contribution in [0, 0.1) is 5.92 Å². The Kier molecular flexibility index (Phi) is 5.86. The molecule has 0 radical (unpaired) electrons. The lowest BCUT2D eigenvalue weighted by molar-refractivity contribution is -0.117. The first kappa shape index (κ1) is 17.9. The number of carbonyl (C=O) groups is 2. The van der Waals surface area contributed by atoms with Crippen LogP contribution in [0.1, 0.15) is 36.9 Å². The maximum absolute atomic E-state index is 11.9. The number of carbonyl (C=O) groups excluding carboxylic acids is 2. The van der Waals surface area contributed by atoms with E-state index in [9.17, 15) is 9.59 Å². The summed E-state index contributed by atoms with van der Waals surface area (Å²) < 4.78 is 0. The summed E-state index contributed by atoms with van der Waals surface area (Å²) in [5.41, 5.74) is 5.07. The van der Waals surface area contributed by atoms with E-state index >= 15 is 0 Å². The van der Waals surface area contributed by atoms with Gasteiger partial charge in [-0.25, -0.2) is 10.3 Å². The lowest BCUT2D eigenvalue weighted by Gasteiger charge is -2.15. The van der Waals surface area contributed by atoms with Crippen LogP contribution in [0.3, 0.4) is 0 Å². The Morgan fingerprint density at radius 3 is 2.42 bits per heavy atom. The Bertz CT molecular complexity index is 743. The number of nitrogens with one attached hydrogen (secondary N) is 3. The molecule has 0 spiro atoms. The summed E-state index contributed by atoms with van der Waals surface area (Å²) in [7, 11) is 0. The molecule has 6 nitrogen and oxygen atoms in total. The molecule has 0 unspecified atom stereocenters. The Morgan fingerprint density at radius 1 is 1.08 bits per heavy atom. The van der Waals surface area contributed by atoms with Crippen LogP contribution in [-0.4, -0.2) is 11.9 Å². The van der Waals surface area contributed by atoms with E-state index in [0.717, 1.165) is 29.7 Å². The van der Waals surface area contributed by atoms with Gasteiger partial charge in [0.2, 0.25) is 5.91 Å². The highest BCUT2D eigenvalue weighted by Crippen LogP contribution is 2.30. The quantitative estimate of drug-likeness (QED) is 0.666. The van der Waals surface area contributed by atoms with Crippen LogP contribution in [0.5, 0.6) is 0 Å². The molecule has 0 heterocycles. The molecule has 3 rings (SSSR count). The lowest BCUT2D eigenvalue weighted by Crippen LogP contribution is -2.36. The molecule has 3 N–H and O–H groups in total. The van der Waals surface area contributed by atoms with Crippen molar-refractivity contribution in [3.63, 3.8) is 0 Å². The molecule has 2 aromatic rings. The summed E-state index contributed by atoms with van der Waals surface area (Å²) >= 11 is 0. The molecule has 26 heavy (non-hydrogen) atoms. The van der Waals surface area contributed by atoms with E-state index < -0.39 is 6.03 Å². The third-order valence-electron chi connectivity index (χ3n) is 4.22. The van der Waals surface area contributed by atoms with Crippen molar-refractivity contribution >= 4 is 17.6 Å². The van der Waals surface area contributed by atoms with Crippen LogP contribution < -0.4 is 16.1 Å². The van der Waals surface area contributed by atoms with Crippen LogP contribution in [0.25, 0.3) is 0 Å². The molecular weight excluding hydrogens is 330 g/mol. The largest absolute Gasteiger partial charge is 0.339 e. The van der Waals surface area contributed by atoms with Crippen LogP contribution >= 0.6 is 0 Å². The monoisotopic (exact) mass is 353 g/mol. The fraction of sp³-hybridized carbons (Fsp3) is 0.300. The molecular formula is C20H23N3O3. The van der Waals surface area contributed by atoms with Gasteiger partial charge in [0.25, 0.3) is 0 Å². The van der Waals surface area contributed by atoms with Crippen molar-refractivity contribution in [2.75, 3.05) is 5.32 Å². The first-order chi connectivity index (χ1) is 12.6. The lowest BCUT2D eigenvalue weighted by atomic mass is 10.1. The third kappa shape index (κ3) is 5.32. The SMILES string of the molecule is C[C@H](NC(=O)NOCc1ccccc1)c1ccc(NC(=O)C2CC2)cc1. The highest BCUT2D eigenvalue weighted by Gasteiger charge is 2.29. The highest BCUT2D eigenvalue weighted by molar-refractivity contribution is 5.94. The second-order valence-electron chi connectivity index (χ2n) is 6.46. The Morgan fingerprint density at radius 2 is 1.77 bits per heavy atom. The van der Waals surface area contributed by atoms with Crippen molar-refractivity contribution in [2.24, 2.45) is 5.92 Å². The van der Waals surface area contributed by atoms with Gasteiger partial charge < -0.3 is 10.6 Å². The van der Waals surface area contributed by atoms with Crippen molar-refractivity contribution in [3.8, 4) is 0 Å². The molecule has 0 aliphatic heterocycles. The predicted octanol–water partition coefficient (Wildman–Crippen LogP) is 3.53. The molecule has 0 bridgehead atoms. The zero-order valence-electron chi connectivity index (χ0n) is 14.7. The maximum atomic E-state index is 11.9. The minimum absolute atomic E-state index is 0.0823. The summed E-state index contributed by atoms with van der Waals surface area (Å²) in [6, 6.07) is 16.5. The predicted molar refractivity (Wildman–Crippen MR) is 99.1 cm³/mol. The highest BCUT2D eigenvalue weighted by atomic mass is 16.7. The van der Waals surface area contributed by atoms with Gasteiger partial charge in [-0.05, 0) is 43.0 Å². The van der Waals surface area contributed by atoms with Gasteiger partial charge >= 0.3 is 6.03 Å². The molecule has 1 atom stereocenters. The van der Waals surface area contributed by atoms with Crippen molar-refractivity contribution in [2.45, 2.75) is 32.4 Å². The summed E-state index contributed by atoms with van der Waals surface area (Å²) in [6.45, 7) is 2.19. The van der Waals surface area contributed by atoms with Crippen molar-refractivity contribution < 1.29 is 14.4 Å². The second-order valence-corrected chi connectivity index (χ2v) is 6.46. The van der Waals surface area contributed by atoms with E-state index in [1.807, 2.05) is 61.5 Å². The average Bonchev–Trinajstić information content (AvgIpc) is 3.48. The van der Waals surface area contributed by atoms with Gasteiger partial charge in [-0.3, -0.25) is 9.63 Å². The number of amides is 3. The number of benzene rings is 2. The summed E-state index contributed by atoms with van der Waals surface area (Å²) in [5, 5.41) is 5.70. The standard InChI is InChI=1S/C20H23N3O3/c1-14(21-20(25)23-26-13-15-5-3-2-4-6-15)16-9-11-18(12-10-16)22-19(24)17-7-8-17/h2-6,9-12,14,17H,7-8,13H2,1H3,(H,22,24)(H2,21,23,25)/t14-/m0/s1. The van der Waals surface area contributed by atoms with Crippen LogP contribution in [-0.2, 0) is 16.2 Å². The van der Waals surface area contributed by atoms with E-state index in [1.165, 1.54) is 0 Å². The number of urea groups is 1. The molecule has 1 saturated carbocycles. The zero-order chi connectivity index (χ0) is 18.4. The Labute approximate surface area is 152 Å². The molecule has 3 amide bonds. The Balaban J connectivity index is 1.42. The number of anilines is 1. The topological polar surface area (TPSA) is 79.5 Å². The van der Waals surface area contributed by atoms with E-state index in [0.29, 0.717) is 6.61 Å². The molecule has 6 heteroatoms. The van der Waals surface area contributed by atoms with Crippen molar-refractivity contribution in [1.82, 2.24) is 10.8 Å². The average molecular weight is 353 g/mol. The van der Waals surface area contributed by atoms with E-state index in [2.05, 4.69) is 16.1 Å². The number of rotatable bonds is 7. The van der Waals surface area contributed by atoms with Gasteiger partial charge in [0.15, 0.2) is 0 Å². The number of hydrogen-bond acceptors (Lipinski definition) is 3. The maximum Gasteiger partial charge on any atom is 0.339 e. The first-order valence-electron chi connectivity index (χ1n) is 8.75. The van der Waals surface area contributed by atoms with Crippen LogP contribution in [0.4, 0.5) is 10.5 Å². The minimum atomic E-state index is -0.403. The fourth-order valence-electron chi connectivity index (χ4n) is 2.51. The van der Waals surface area contributed by atoms with E-state index in [-0.39, 0.29) is 17.9 Å². The summed E-state index contributed by atoms with van der Waals surface area (Å²) in [4.78, 5) is 28.9. The second kappa shape index (κ2) is 8.49. The van der Waals surface area contributed by atoms with Crippen molar-refractivity contribution in [1.29, 1.82) is 0 Å². The van der Waals surface area contributed by atoms with E-state index in [1.54, 1.807) is 0 Å². The molecule has 0 aromatic heterocycles. The zero-order valence-corrected chi connectivity index (χ0v) is 14.7. The van der Waals surface area contributed by atoms with Gasteiger partial charge in [0.05, 0.1) is 12.6 Å². The Hall–Kier alpha value is -2.86. The number of hydroxylamine groups is 1. The van der Waals surface area contributed by atoms with Gasteiger partial charge in [-0.15, -0.1) is 0 Å². The van der Waals surface area contributed by atoms with Gasteiger partial charge in [-0.1, -0.05) is 42.5 Å². The van der Waals surface area contributed by atoms with Gasteiger partial charge in [0.1, 0.15) is 0 Å². The molecule has 1 fully saturated rings. The number of hydrogen-bond donors (Lipinski definition) is 3. The van der Waals surface area contributed by atoms with Crippen LogP contribution in [0.15, 0.2) is 54.6 Å². The smallest absolute Gasteiger partial charge is 0.330 e. The van der Waals surface area contributed by atoms with Crippen molar-refractivity contribution in [3.05, 3.63) is 65.7 Å². The van der Waals surface area contributed by atoms with E-state index in [4.69, 9.17) is 4.84 Å². The van der Waals surface area contributed by atoms with Gasteiger partial charge in [-0.2, -0.15) is 0 Å². The third-order valence-corrected chi connectivity index (χ3v) is 4.22. The summed E-state index contributed by atoms with van der Waals surface area (Å²) in [5.74, 6) is 0.258. The van der Waals surface area contributed by atoms with Crippen LogP contribution in [0.2, 0.25) is 0 Å². The first-order valence-corrected chi connectivity index (χ1v) is 8.75. The molecule has 0 saturated heterocycles. The fourth-order valence-corrected chi connectivity index (χ4v) is 2.51. The summed E-state index contributed by atoms with van der Waals surface area (Å²) in [6.07, 6.45) is 1.96. The molecule has 2 aromatic carbocycles. The molecule has 1 aliphatic rings. The normalized spacial score (nSPS) is 14.3. The molecule has 136 valence electrons. The molecule has 1 aliphatic carbocycles. The minimum Gasteiger partial charge on any atom is -0.330 e. The van der Waals surface area contributed by atoms with Gasteiger partial charge in [0, 0.05) is 11.6 Å².